The number of nitrogens with zero attached hydrogens (tertiary/aromatic N) is 4. The van der Waals surface area contributed by atoms with Gasteiger partial charge in [0.05, 0.1) is 11.3 Å². The average Bonchev–Trinajstić information content (AvgIpc) is 2.74. The quantitative estimate of drug-likeness (QED) is 0.772. The Kier molecular flexibility index (Phi) is 6.70. The third kappa shape index (κ3) is 5.58. The largest absolute Gasteiger partial charge is 0.418 e. The number of nitrogens with one attached hydrogen (secondary N) is 2. The number of benzene rings is 1. The van der Waals surface area contributed by atoms with Crippen molar-refractivity contribution < 1.29 is 22.8 Å². The van der Waals surface area contributed by atoms with Crippen LogP contribution in [0.5, 0.6) is 0 Å². The number of carbonyl (C=O) groups is 2. The lowest BCUT2D eigenvalue weighted by atomic mass is 10.1. The Balaban J connectivity index is 1.42. The third-order valence-electron chi connectivity index (χ3n) is 4.57. The van der Waals surface area contributed by atoms with Gasteiger partial charge in [-0.15, -0.1) is 0 Å². The highest BCUT2D eigenvalue weighted by Crippen LogP contribution is 2.34. The van der Waals surface area contributed by atoms with E-state index < -0.39 is 17.8 Å². The molecule has 0 unspecified atom stereocenters. The number of alkyl halides is 3. The van der Waals surface area contributed by atoms with Crippen molar-refractivity contribution in [3.8, 4) is 0 Å². The first-order valence-electron chi connectivity index (χ1n) is 9.35. The lowest BCUT2D eigenvalue weighted by molar-refractivity contribution is -0.137. The zero-order valence-electron chi connectivity index (χ0n) is 16.0. The van der Waals surface area contributed by atoms with Crippen LogP contribution < -0.4 is 15.5 Å². The molecule has 0 atom stereocenters. The fourth-order valence-electron chi connectivity index (χ4n) is 3.06. The van der Waals surface area contributed by atoms with E-state index >= 15 is 0 Å². The number of piperazine rings is 1. The second-order valence-electron chi connectivity index (χ2n) is 6.59. The Bertz CT molecular complexity index is 870. The first-order chi connectivity index (χ1) is 14.3. The standard InChI is InChI=1S/C19H21F3N6O2/c20-19(21,22)14-4-1-2-5-15(14)26-18(30)25-9-6-16(29)27-10-12-28(13-11-27)17-23-7-3-8-24-17/h1-5,7-8H,6,9-13H2,(H2,25,26,30). The number of hydrogen-bond acceptors (Lipinski definition) is 5. The van der Waals surface area contributed by atoms with Crippen LogP contribution in [0.15, 0.2) is 42.7 Å². The summed E-state index contributed by atoms with van der Waals surface area (Å²) in [6.07, 6.45) is -1.21. The predicted octanol–water partition coefficient (Wildman–Crippen LogP) is 2.36. The molecular weight excluding hydrogens is 401 g/mol. The molecule has 0 saturated carbocycles. The van der Waals surface area contributed by atoms with Gasteiger partial charge in [-0.2, -0.15) is 13.2 Å². The van der Waals surface area contributed by atoms with Gasteiger partial charge in [0.1, 0.15) is 0 Å². The highest BCUT2D eigenvalue weighted by atomic mass is 19.4. The zero-order chi connectivity index (χ0) is 21.6. The van der Waals surface area contributed by atoms with E-state index in [1.165, 1.54) is 18.2 Å². The van der Waals surface area contributed by atoms with Crippen LogP contribution in [0.4, 0.5) is 29.6 Å². The highest BCUT2D eigenvalue weighted by molar-refractivity contribution is 5.90. The molecule has 1 saturated heterocycles. The fraction of sp³-hybridized carbons (Fsp3) is 0.368. The maximum Gasteiger partial charge on any atom is 0.418 e. The molecule has 0 aliphatic carbocycles. The SMILES string of the molecule is O=C(NCCC(=O)N1CCN(c2ncccn2)CC1)Nc1ccccc1C(F)(F)F. The average molecular weight is 422 g/mol. The molecule has 11 heteroatoms. The normalized spacial score (nSPS) is 14.4. The number of amides is 3. The lowest BCUT2D eigenvalue weighted by Crippen LogP contribution is -2.49. The lowest BCUT2D eigenvalue weighted by Gasteiger charge is -2.34. The van der Waals surface area contributed by atoms with Gasteiger partial charge in [0.15, 0.2) is 0 Å². The molecule has 0 bridgehead atoms. The summed E-state index contributed by atoms with van der Waals surface area (Å²) in [7, 11) is 0. The molecule has 2 N–H and O–H groups in total. The zero-order valence-corrected chi connectivity index (χ0v) is 16.0. The van der Waals surface area contributed by atoms with Gasteiger partial charge in [-0.1, -0.05) is 12.1 Å². The summed E-state index contributed by atoms with van der Waals surface area (Å²) in [5.74, 6) is 0.474. The summed E-state index contributed by atoms with van der Waals surface area (Å²) in [6, 6.07) is 5.63. The molecule has 3 amide bonds. The number of hydrogen-bond donors (Lipinski definition) is 2. The summed E-state index contributed by atoms with van der Waals surface area (Å²) in [5.41, 5.74) is -1.27. The first kappa shape index (κ1) is 21.3. The summed E-state index contributed by atoms with van der Waals surface area (Å²) >= 11 is 0. The van der Waals surface area contributed by atoms with Gasteiger partial charge in [-0.3, -0.25) is 4.79 Å². The van der Waals surface area contributed by atoms with E-state index in [9.17, 15) is 22.8 Å². The summed E-state index contributed by atoms with van der Waals surface area (Å²) in [5, 5.41) is 4.60. The van der Waals surface area contributed by atoms with Crippen molar-refractivity contribution in [2.45, 2.75) is 12.6 Å². The Morgan fingerprint density at radius 3 is 2.33 bits per heavy atom. The minimum atomic E-state index is -4.58. The van der Waals surface area contributed by atoms with Gasteiger partial charge >= 0.3 is 12.2 Å². The smallest absolute Gasteiger partial charge is 0.339 e. The molecule has 2 aromatic rings. The van der Waals surface area contributed by atoms with E-state index in [1.807, 2.05) is 4.90 Å². The van der Waals surface area contributed by atoms with E-state index in [0.717, 1.165) is 6.07 Å². The van der Waals surface area contributed by atoms with Crippen LogP contribution in [0.1, 0.15) is 12.0 Å². The molecule has 0 spiro atoms. The molecule has 1 aromatic carbocycles. The van der Waals surface area contributed by atoms with E-state index in [4.69, 9.17) is 0 Å². The summed E-state index contributed by atoms with van der Waals surface area (Å²) in [6.45, 7) is 2.21. The maximum atomic E-state index is 13.0. The highest BCUT2D eigenvalue weighted by Gasteiger charge is 2.33. The molecule has 8 nitrogen and oxygen atoms in total. The monoisotopic (exact) mass is 422 g/mol. The number of aromatic nitrogens is 2. The Labute approximate surface area is 171 Å². The van der Waals surface area contributed by atoms with Crippen molar-refractivity contribution in [3.63, 3.8) is 0 Å². The predicted molar refractivity (Wildman–Crippen MR) is 104 cm³/mol. The molecule has 1 aliphatic rings. The van der Waals surface area contributed by atoms with Crippen LogP contribution in [-0.2, 0) is 11.0 Å². The van der Waals surface area contributed by atoms with Crippen LogP contribution in [-0.4, -0.2) is 59.5 Å². The summed E-state index contributed by atoms with van der Waals surface area (Å²) in [4.78, 5) is 36.3. The van der Waals surface area contributed by atoms with Gasteiger partial charge in [0, 0.05) is 51.5 Å². The Hall–Kier alpha value is -3.37. The van der Waals surface area contributed by atoms with Gasteiger partial charge in [-0.25, -0.2) is 14.8 Å². The van der Waals surface area contributed by atoms with Crippen molar-refractivity contribution >= 4 is 23.6 Å². The number of para-hydroxylation sites is 1. The number of halogens is 3. The van der Waals surface area contributed by atoms with Crippen LogP contribution in [0.2, 0.25) is 0 Å². The van der Waals surface area contributed by atoms with E-state index in [0.29, 0.717) is 32.1 Å². The topological polar surface area (TPSA) is 90.5 Å². The molecule has 0 radical (unpaired) electrons. The maximum absolute atomic E-state index is 13.0. The van der Waals surface area contributed by atoms with Gasteiger partial charge < -0.3 is 20.4 Å². The summed E-state index contributed by atoms with van der Waals surface area (Å²) < 4.78 is 38.9. The third-order valence-corrected chi connectivity index (χ3v) is 4.57. The van der Waals surface area contributed by atoms with Crippen molar-refractivity contribution in [1.29, 1.82) is 0 Å². The van der Waals surface area contributed by atoms with Crippen molar-refractivity contribution in [3.05, 3.63) is 48.3 Å². The number of urea groups is 1. The van der Waals surface area contributed by atoms with Crippen molar-refractivity contribution in [1.82, 2.24) is 20.2 Å². The molecule has 3 rings (SSSR count). The van der Waals surface area contributed by atoms with Gasteiger partial charge in [-0.05, 0) is 18.2 Å². The number of anilines is 2. The van der Waals surface area contributed by atoms with Crippen LogP contribution in [0, 0.1) is 0 Å². The minimum absolute atomic E-state index is 0.0147. The molecule has 30 heavy (non-hydrogen) atoms. The number of carbonyl (C=O) groups excluding carboxylic acids is 2. The van der Waals surface area contributed by atoms with E-state index in [2.05, 4.69) is 20.6 Å². The fourth-order valence-corrected chi connectivity index (χ4v) is 3.06. The second-order valence-corrected chi connectivity index (χ2v) is 6.59. The molecular formula is C19H21F3N6O2. The van der Waals surface area contributed by atoms with Crippen LogP contribution in [0.3, 0.4) is 0 Å². The molecule has 1 fully saturated rings. The Morgan fingerprint density at radius 1 is 1.00 bits per heavy atom. The van der Waals surface area contributed by atoms with Gasteiger partial charge in [0.2, 0.25) is 11.9 Å². The molecule has 2 heterocycles. The van der Waals surface area contributed by atoms with E-state index in [1.54, 1.807) is 23.4 Å². The van der Waals surface area contributed by atoms with Crippen LogP contribution >= 0.6 is 0 Å². The Morgan fingerprint density at radius 2 is 1.67 bits per heavy atom. The van der Waals surface area contributed by atoms with Crippen molar-refractivity contribution in [2.24, 2.45) is 0 Å². The van der Waals surface area contributed by atoms with Gasteiger partial charge in [0.25, 0.3) is 0 Å². The molecule has 1 aromatic heterocycles. The molecule has 1 aliphatic heterocycles. The number of rotatable bonds is 5. The first-order valence-corrected chi connectivity index (χ1v) is 9.35. The van der Waals surface area contributed by atoms with Crippen molar-refractivity contribution in [2.75, 3.05) is 42.9 Å². The van der Waals surface area contributed by atoms with Crippen LogP contribution in [0.25, 0.3) is 0 Å². The minimum Gasteiger partial charge on any atom is -0.339 e. The molecule has 160 valence electrons. The van der Waals surface area contributed by atoms with E-state index in [-0.39, 0.29) is 24.6 Å². The second kappa shape index (κ2) is 9.42.